The number of hydrogen-bond donors (Lipinski definition) is 1. The Bertz CT molecular complexity index is 352. The highest BCUT2D eigenvalue weighted by Crippen LogP contribution is 2.43. The quantitative estimate of drug-likeness (QED) is 0.830. The molecule has 0 radical (unpaired) electrons. The summed E-state index contributed by atoms with van der Waals surface area (Å²) in [6.07, 6.45) is 3.79. The van der Waals surface area contributed by atoms with Crippen LogP contribution in [0.15, 0.2) is 18.2 Å². The van der Waals surface area contributed by atoms with Crippen molar-refractivity contribution >= 4 is 0 Å². The van der Waals surface area contributed by atoms with E-state index in [1.807, 2.05) is 7.05 Å². The molecule has 0 saturated heterocycles. The van der Waals surface area contributed by atoms with Crippen LogP contribution in [-0.4, -0.2) is 13.6 Å². The molecule has 0 heterocycles. The van der Waals surface area contributed by atoms with Gasteiger partial charge in [0.05, 0.1) is 0 Å². The molecule has 3 heteroatoms. The first-order chi connectivity index (χ1) is 7.67. The van der Waals surface area contributed by atoms with Gasteiger partial charge in [0.1, 0.15) is 11.6 Å². The SMILES string of the molecule is CNCC1(Cc2c(F)cccc2F)CCC1. The second kappa shape index (κ2) is 4.50. The van der Waals surface area contributed by atoms with Gasteiger partial charge in [-0.25, -0.2) is 8.78 Å². The van der Waals surface area contributed by atoms with Gasteiger partial charge in [-0.3, -0.25) is 0 Å². The maximum atomic E-state index is 13.5. The van der Waals surface area contributed by atoms with Crippen molar-refractivity contribution in [1.82, 2.24) is 5.32 Å². The molecule has 1 fully saturated rings. The van der Waals surface area contributed by atoms with Crippen molar-refractivity contribution < 1.29 is 8.78 Å². The third-order valence-electron chi connectivity index (χ3n) is 3.58. The Kier molecular flexibility index (Phi) is 3.24. The van der Waals surface area contributed by atoms with E-state index in [4.69, 9.17) is 0 Å². The lowest BCUT2D eigenvalue weighted by atomic mass is 9.65. The number of rotatable bonds is 4. The van der Waals surface area contributed by atoms with Crippen LogP contribution in [0.4, 0.5) is 8.78 Å². The van der Waals surface area contributed by atoms with Gasteiger partial charge < -0.3 is 5.32 Å². The lowest BCUT2D eigenvalue weighted by molar-refractivity contribution is 0.130. The van der Waals surface area contributed by atoms with Crippen molar-refractivity contribution in [3.05, 3.63) is 35.4 Å². The van der Waals surface area contributed by atoms with Gasteiger partial charge in [-0.05, 0) is 43.9 Å². The van der Waals surface area contributed by atoms with E-state index in [-0.39, 0.29) is 11.0 Å². The van der Waals surface area contributed by atoms with Crippen LogP contribution in [0, 0.1) is 17.0 Å². The summed E-state index contributed by atoms with van der Waals surface area (Å²) < 4.78 is 27.0. The smallest absolute Gasteiger partial charge is 0.129 e. The molecule has 0 amide bonds. The Morgan fingerprint density at radius 1 is 1.25 bits per heavy atom. The van der Waals surface area contributed by atoms with Crippen LogP contribution in [0.25, 0.3) is 0 Å². The molecule has 88 valence electrons. The van der Waals surface area contributed by atoms with Crippen molar-refractivity contribution in [2.24, 2.45) is 5.41 Å². The minimum atomic E-state index is -0.414. The molecule has 1 aliphatic rings. The first-order valence-corrected chi connectivity index (χ1v) is 5.74. The van der Waals surface area contributed by atoms with Gasteiger partial charge in [0.25, 0.3) is 0 Å². The largest absolute Gasteiger partial charge is 0.319 e. The molecule has 1 nitrogen and oxygen atoms in total. The first kappa shape index (κ1) is 11.5. The molecule has 0 unspecified atom stereocenters. The molecule has 1 aromatic rings. The molecule has 2 rings (SSSR count). The van der Waals surface area contributed by atoms with Gasteiger partial charge in [0.15, 0.2) is 0 Å². The molecule has 1 saturated carbocycles. The zero-order valence-electron chi connectivity index (χ0n) is 9.52. The summed E-state index contributed by atoms with van der Waals surface area (Å²) in [6, 6.07) is 4.09. The Morgan fingerprint density at radius 2 is 1.88 bits per heavy atom. The molecule has 0 aromatic heterocycles. The van der Waals surface area contributed by atoms with E-state index in [1.165, 1.54) is 18.2 Å². The average Bonchev–Trinajstić information content (AvgIpc) is 2.20. The van der Waals surface area contributed by atoms with E-state index in [0.717, 1.165) is 25.8 Å². The summed E-state index contributed by atoms with van der Waals surface area (Å²) >= 11 is 0. The maximum absolute atomic E-state index is 13.5. The van der Waals surface area contributed by atoms with Crippen molar-refractivity contribution in [3.63, 3.8) is 0 Å². The van der Waals surface area contributed by atoms with Gasteiger partial charge in [-0.15, -0.1) is 0 Å². The van der Waals surface area contributed by atoms with Crippen LogP contribution < -0.4 is 5.32 Å². The third kappa shape index (κ3) is 2.09. The third-order valence-corrected chi connectivity index (χ3v) is 3.58. The highest BCUT2D eigenvalue weighted by Gasteiger charge is 2.37. The number of nitrogens with one attached hydrogen (secondary N) is 1. The predicted molar refractivity (Wildman–Crippen MR) is 60.3 cm³/mol. The van der Waals surface area contributed by atoms with Gasteiger partial charge in [0.2, 0.25) is 0 Å². The molecule has 1 aliphatic carbocycles. The summed E-state index contributed by atoms with van der Waals surface area (Å²) in [5, 5.41) is 3.12. The molecule has 0 aliphatic heterocycles. The Hall–Kier alpha value is -0.960. The van der Waals surface area contributed by atoms with Crippen molar-refractivity contribution in [2.75, 3.05) is 13.6 Å². The maximum Gasteiger partial charge on any atom is 0.129 e. The molecule has 16 heavy (non-hydrogen) atoms. The van der Waals surface area contributed by atoms with E-state index >= 15 is 0 Å². The molecule has 0 bridgehead atoms. The van der Waals surface area contributed by atoms with E-state index in [9.17, 15) is 8.78 Å². The molecular formula is C13H17F2N. The summed E-state index contributed by atoms with van der Waals surface area (Å²) in [5.74, 6) is -0.829. The lowest BCUT2D eigenvalue weighted by Gasteiger charge is -2.42. The van der Waals surface area contributed by atoms with E-state index in [0.29, 0.717) is 6.42 Å². The van der Waals surface area contributed by atoms with Gasteiger partial charge in [-0.2, -0.15) is 0 Å². The molecule has 0 atom stereocenters. The molecule has 0 spiro atoms. The van der Waals surface area contributed by atoms with Crippen molar-refractivity contribution in [1.29, 1.82) is 0 Å². The number of halogens is 2. The Morgan fingerprint density at radius 3 is 2.31 bits per heavy atom. The second-order valence-electron chi connectivity index (χ2n) is 4.76. The van der Waals surface area contributed by atoms with Crippen LogP contribution in [0.3, 0.4) is 0 Å². The highest BCUT2D eigenvalue weighted by atomic mass is 19.1. The van der Waals surface area contributed by atoms with E-state index in [1.54, 1.807) is 0 Å². The molecule has 1 N–H and O–H groups in total. The minimum Gasteiger partial charge on any atom is -0.319 e. The zero-order valence-corrected chi connectivity index (χ0v) is 9.52. The summed E-state index contributed by atoms with van der Waals surface area (Å²) in [6.45, 7) is 0.834. The fourth-order valence-corrected chi connectivity index (χ4v) is 2.54. The lowest BCUT2D eigenvalue weighted by Crippen LogP contribution is -2.40. The van der Waals surface area contributed by atoms with Crippen LogP contribution in [-0.2, 0) is 6.42 Å². The average molecular weight is 225 g/mol. The summed E-state index contributed by atoms with van der Waals surface area (Å²) in [5.41, 5.74) is 0.315. The molecular weight excluding hydrogens is 208 g/mol. The fourth-order valence-electron chi connectivity index (χ4n) is 2.54. The van der Waals surface area contributed by atoms with Crippen LogP contribution in [0.2, 0.25) is 0 Å². The van der Waals surface area contributed by atoms with Crippen LogP contribution in [0.5, 0.6) is 0 Å². The van der Waals surface area contributed by atoms with Crippen molar-refractivity contribution in [3.8, 4) is 0 Å². The van der Waals surface area contributed by atoms with Crippen molar-refractivity contribution in [2.45, 2.75) is 25.7 Å². The Labute approximate surface area is 94.9 Å². The zero-order chi connectivity index (χ0) is 11.6. The van der Waals surface area contributed by atoms with Gasteiger partial charge in [0, 0.05) is 12.1 Å². The minimum absolute atomic E-state index is 0.0672. The second-order valence-corrected chi connectivity index (χ2v) is 4.76. The van der Waals surface area contributed by atoms with Crippen LogP contribution in [0.1, 0.15) is 24.8 Å². The normalized spacial score (nSPS) is 18.2. The summed E-state index contributed by atoms with van der Waals surface area (Å²) in [4.78, 5) is 0. The van der Waals surface area contributed by atoms with E-state index < -0.39 is 11.6 Å². The Balaban J connectivity index is 2.19. The summed E-state index contributed by atoms with van der Waals surface area (Å²) in [7, 11) is 1.89. The monoisotopic (exact) mass is 225 g/mol. The van der Waals surface area contributed by atoms with Gasteiger partial charge in [-0.1, -0.05) is 12.5 Å². The van der Waals surface area contributed by atoms with E-state index in [2.05, 4.69) is 5.32 Å². The first-order valence-electron chi connectivity index (χ1n) is 5.74. The fraction of sp³-hybridized carbons (Fsp3) is 0.538. The topological polar surface area (TPSA) is 12.0 Å². The standard InChI is InChI=1S/C13H17F2N/c1-16-9-13(6-3-7-13)8-10-11(14)4-2-5-12(10)15/h2,4-5,16H,3,6-9H2,1H3. The highest BCUT2D eigenvalue weighted by molar-refractivity contribution is 5.22. The van der Waals surface area contributed by atoms with Crippen LogP contribution >= 0.6 is 0 Å². The predicted octanol–water partition coefficient (Wildman–Crippen LogP) is 2.90. The number of benzene rings is 1. The van der Waals surface area contributed by atoms with Gasteiger partial charge >= 0.3 is 0 Å². The molecule has 1 aromatic carbocycles. The number of hydrogen-bond acceptors (Lipinski definition) is 1.